The number of hydrogen-bond acceptors (Lipinski definition) is 3. The quantitative estimate of drug-likeness (QED) is 0.683. The molecule has 0 fully saturated rings. The summed E-state index contributed by atoms with van der Waals surface area (Å²) in [5.41, 5.74) is 1.82. The van der Waals surface area contributed by atoms with Gasteiger partial charge in [-0.25, -0.2) is 4.79 Å². The fourth-order valence-electron chi connectivity index (χ4n) is 2.81. The molecule has 0 saturated carbocycles. The topological polar surface area (TPSA) is 48.5 Å². The molecule has 0 radical (unpaired) electrons. The molecule has 2 aromatic carbocycles. The van der Waals surface area contributed by atoms with Crippen LogP contribution in [0.3, 0.4) is 0 Å². The van der Waals surface area contributed by atoms with Crippen molar-refractivity contribution in [2.45, 2.75) is 6.54 Å². The first-order valence-corrected chi connectivity index (χ1v) is 9.18. The Bertz CT molecular complexity index is 906. The average Bonchev–Trinajstić information content (AvgIpc) is 2.66. The smallest absolute Gasteiger partial charge is 0.319 e. The normalized spacial score (nSPS) is 11.0. The summed E-state index contributed by atoms with van der Waals surface area (Å²) in [7, 11) is 3.99. The SMILES string of the molecule is CN(C)CCN(Cc1ccc(Cl)cc1)C(=O)Nc1cccc2cnccc12. The molecule has 140 valence electrons. The summed E-state index contributed by atoms with van der Waals surface area (Å²) in [6.45, 7) is 1.91. The molecule has 5 nitrogen and oxygen atoms in total. The van der Waals surface area contributed by atoms with Gasteiger partial charge in [0.05, 0.1) is 5.69 Å². The van der Waals surface area contributed by atoms with Gasteiger partial charge in [0.25, 0.3) is 0 Å². The zero-order chi connectivity index (χ0) is 19.2. The number of carbonyl (C=O) groups excluding carboxylic acids is 1. The zero-order valence-corrected chi connectivity index (χ0v) is 16.3. The summed E-state index contributed by atoms with van der Waals surface area (Å²) in [4.78, 5) is 21.0. The lowest BCUT2D eigenvalue weighted by atomic mass is 10.1. The predicted molar refractivity (Wildman–Crippen MR) is 111 cm³/mol. The molecular formula is C21H23ClN4O. The predicted octanol–water partition coefficient (Wildman–Crippen LogP) is 4.48. The monoisotopic (exact) mass is 382 g/mol. The van der Waals surface area contributed by atoms with Crippen LogP contribution in [0, 0.1) is 0 Å². The molecule has 0 spiro atoms. The van der Waals surface area contributed by atoms with Gasteiger partial charge in [-0.3, -0.25) is 4.98 Å². The van der Waals surface area contributed by atoms with Gasteiger partial charge in [-0.15, -0.1) is 0 Å². The van der Waals surface area contributed by atoms with E-state index in [0.717, 1.165) is 28.6 Å². The minimum absolute atomic E-state index is 0.129. The van der Waals surface area contributed by atoms with E-state index in [-0.39, 0.29) is 6.03 Å². The van der Waals surface area contributed by atoms with Gasteiger partial charge in [0, 0.05) is 47.8 Å². The molecule has 1 heterocycles. The van der Waals surface area contributed by atoms with Crippen molar-refractivity contribution in [2.75, 3.05) is 32.5 Å². The summed E-state index contributed by atoms with van der Waals surface area (Å²) in [5, 5.41) is 5.71. The van der Waals surface area contributed by atoms with E-state index in [1.807, 2.05) is 67.5 Å². The Balaban J connectivity index is 1.79. The molecule has 3 aromatic rings. The Hall–Kier alpha value is -2.63. The molecular weight excluding hydrogens is 360 g/mol. The van der Waals surface area contributed by atoms with Gasteiger partial charge in [-0.1, -0.05) is 35.9 Å². The summed E-state index contributed by atoms with van der Waals surface area (Å²) in [5.74, 6) is 0. The second-order valence-corrected chi connectivity index (χ2v) is 7.12. The van der Waals surface area contributed by atoms with Crippen LogP contribution in [-0.2, 0) is 6.54 Å². The molecule has 6 heteroatoms. The number of amides is 2. The van der Waals surface area contributed by atoms with E-state index in [2.05, 4.69) is 15.2 Å². The first-order valence-electron chi connectivity index (χ1n) is 8.81. The van der Waals surface area contributed by atoms with Crippen molar-refractivity contribution < 1.29 is 4.79 Å². The van der Waals surface area contributed by atoms with E-state index >= 15 is 0 Å². The number of rotatable bonds is 6. The van der Waals surface area contributed by atoms with Crippen LogP contribution in [0.1, 0.15) is 5.56 Å². The highest BCUT2D eigenvalue weighted by Crippen LogP contribution is 2.22. The van der Waals surface area contributed by atoms with Crippen molar-refractivity contribution in [3.63, 3.8) is 0 Å². The fraction of sp³-hybridized carbons (Fsp3) is 0.238. The number of hydrogen-bond donors (Lipinski definition) is 1. The van der Waals surface area contributed by atoms with Crippen molar-refractivity contribution >= 4 is 34.1 Å². The van der Waals surface area contributed by atoms with Gasteiger partial charge >= 0.3 is 6.03 Å². The van der Waals surface area contributed by atoms with E-state index in [1.165, 1.54) is 0 Å². The third kappa shape index (κ3) is 5.18. The van der Waals surface area contributed by atoms with Crippen molar-refractivity contribution in [3.8, 4) is 0 Å². The summed E-state index contributed by atoms with van der Waals surface area (Å²) >= 11 is 5.97. The lowest BCUT2D eigenvalue weighted by Crippen LogP contribution is -2.39. The Morgan fingerprint density at radius 1 is 1.07 bits per heavy atom. The van der Waals surface area contributed by atoms with Crippen molar-refractivity contribution in [1.29, 1.82) is 0 Å². The molecule has 1 aromatic heterocycles. The van der Waals surface area contributed by atoms with E-state index < -0.39 is 0 Å². The molecule has 0 aliphatic heterocycles. The molecule has 0 saturated heterocycles. The first kappa shape index (κ1) is 19.1. The third-order valence-corrected chi connectivity index (χ3v) is 4.57. The van der Waals surface area contributed by atoms with Gasteiger partial charge in [0.1, 0.15) is 0 Å². The highest BCUT2D eigenvalue weighted by atomic mass is 35.5. The number of carbonyl (C=O) groups is 1. The molecule has 3 rings (SSSR count). The molecule has 1 N–H and O–H groups in total. The largest absolute Gasteiger partial charge is 0.322 e. The van der Waals surface area contributed by atoms with Crippen molar-refractivity contribution in [1.82, 2.24) is 14.8 Å². The highest BCUT2D eigenvalue weighted by Gasteiger charge is 2.15. The van der Waals surface area contributed by atoms with E-state index in [9.17, 15) is 4.79 Å². The van der Waals surface area contributed by atoms with Crippen LogP contribution in [0.5, 0.6) is 0 Å². The standard InChI is InChI=1S/C21H23ClN4O/c1-25(2)12-13-26(15-16-6-8-18(22)9-7-16)21(27)24-20-5-3-4-17-14-23-11-10-19(17)20/h3-11,14H,12-13,15H2,1-2H3,(H,24,27). The van der Waals surface area contributed by atoms with Crippen LogP contribution >= 0.6 is 11.6 Å². The molecule has 0 aliphatic carbocycles. The Morgan fingerprint density at radius 2 is 1.85 bits per heavy atom. The number of nitrogens with zero attached hydrogens (tertiary/aromatic N) is 3. The van der Waals surface area contributed by atoms with E-state index in [4.69, 9.17) is 11.6 Å². The number of pyridine rings is 1. The lowest BCUT2D eigenvalue weighted by molar-refractivity contribution is 0.202. The van der Waals surface area contributed by atoms with Crippen LogP contribution in [-0.4, -0.2) is 48.0 Å². The molecule has 0 atom stereocenters. The number of nitrogens with one attached hydrogen (secondary N) is 1. The average molecular weight is 383 g/mol. The van der Waals surface area contributed by atoms with Crippen LogP contribution in [0.4, 0.5) is 10.5 Å². The summed E-state index contributed by atoms with van der Waals surface area (Å²) < 4.78 is 0. The van der Waals surface area contributed by atoms with Gasteiger partial charge in [0.15, 0.2) is 0 Å². The zero-order valence-electron chi connectivity index (χ0n) is 15.5. The highest BCUT2D eigenvalue weighted by molar-refractivity contribution is 6.30. The second-order valence-electron chi connectivity index (χ2n) is 6.68. The minimum atomic E-state index is -0.129. The molecule has 2 amide bonds. The van der Waals surface area contributed by atoms with Gasteiger partial charge in [-0.2, -0.15) is 0 Å². The maximum absolute atomic E-state index is 13.0. The Labute approximate surface area is 164 Å². The molecule has 27 heavy (non-hydrogen) atoms. The van der Waals surface area contributed by atoms with Crippen LogP contribution in [0.2, 0.25) is 5.02 Å². The number of anilines is 1. The maximum Gasteiger partial charge on any atom is 0.322 e. The Kier molecular flexibility index (Phi) is 6.27. The number of halogens is 1. The second kappa shape index (κ2) is 8.84. The van der Waals surface area contributed by atoms with Crippen molar-refractivity contribution in [3.05, 3.63) is 71.5 Å². The molecule has 0 bridgehead atoms. The molecule has 0 unspecified atom stereocenters. The lowest BCUT2D eigenvalue weighted by Gasteiger charge is -2.25. The number of fused-ring (bicyclic) bond motifs is 1. The summed E-state index contributed by atoms with van der Waals surface area (Å²) in [6.07, 6.45) is 3.53. The van der Waals surface area contributed by atoms with Crippen LogP contribution in [0.25, 0.3) is 10.8 Å². The molecule has 0 aliphatic rings. The Morgan fingerprint density at radius 3 is 2.59 bits per heavy atom. The number of benzene rings is 2. The summed E-state index contributed by atoms with van der Waals surface area (Å²) in [6, 6.07) is 15.2. The van der Waals surface area contributed by atoms with Crippen molar-refractivity contribution in [2.24, 2.45) is 0 Å². The fourth-order valence-corrected chi connectivity index (χ4v) is 2.94. The van der Waals surface area contributed by atoms with E-state index in [1.54, 1.807) is 12.4 Å². The minimum Gasteiger partial charge on any atom is -0.319 e. The van der Waals surface area contributed by atoms with Gasteiger partial charge in [-0.05, 0) is 43.9 Å². The first-order chi connectivity index (χ1) is 13.0. The van der Waals surface area contributed by atoms with Gasteiger partial charge < -0.3 is 15.1 Å². The third-order valence-electron chi connectivity index (χ3n) is 4.31. The number of urea groups is 1. The number of likely N-dealkylation sites (N-methyl/N-ethyl adjacent to an activating group) is 1. The van der Waals surface area contributed by atoms with Crippen LogP contribution in [0.15, 0.2) is 60.9 Å². The van der Waals surface area contributed by atoms with Crippen LogP contribution < -0.4 is 5.32 Å². The van der Waals surface area contributed by atoms with Gasteiger partial charge in [0.2, 0.25) is 0 Å². The number of aromatic nitrogens is 1. The maximum atomic E-state index is 13.0. The van der Waals surface area contributed by atoms with E-state index in [0.29, 0.717) is 18.1 Å².